The summed E-state index contributed by atoms with van der Waals surface area (Å²) in [5.41, 5.74) is 5.74. The van der Waals surface area contributed by atoms with Gasteiger partial charge in [0.1, 0.15) is 5.82 Å². The van der Waals surface area contributed by atoms with E-state index in [4.69, 9.17) is 10.5 Å². The Morgan fingerprint density at radius 1 is 1.62 bits per heavy atom. The van der Waals surface area contributed by atoms with Crippen molar-refractivity contribution in [1.29, 1.82) is 0 Å². The highest BCUT2D eigenvalue weighted by atomic mass is 127. The van der Waals surface area contributed by atoms with Crippen LogP contribution >= 0.6 is 22.6 Å². The third kappa shape index (κ3) is 2.63. The minimum Gasteiger partial charge on any atom is -0.465 e. The van der Waals surface area contributed by atoms with Crippen LogP contribution in [0.4, 0.5) is 5.82 Å². The van der Waals surface area contributed by atoms with Crippen molar-refractivity contribution in [3.63, 3.8) is 0 Å². The van der Waals surface area contributed by atoms with Crippen LogP contribution in [0.3, 0.4) is 0 Å². The van der Waals surface area contributed by atoms with E-state index < -0.39 is 5.41 Å². The molecule has 16 heavy (non-hydrogen) atoms. The zero-order valence-electron chi connectivity index (χ0n) is 9.58. The van der Waals surface area contributed by atoms with Crippen LogP contribution in [0.1, 0.15) is 26.3 Å². The SMILES string of the molecule is CCOC(=O)C(C)(C)c1cnc(N)c(I)c1. The van der Waals surface area contributed by atoms with Crippen molar-refractivity contribution in [1.82, 2.24) is 4.98 Å². The molecule has 1 aromatic rings. The number of nitrogens with two attached hydrogens (primary N) is 1. The second-order valence-corrected chi connectivity index (χ2v) is 5.10. The molecule has 2 N–H and O–H groups in total. The maximum atomic E-state index is 11.8. The first-order valence-corrected chi connectivity index (χ1v) is 6.06. The van der Waals surface area contributed by atoms with E-state index in [0.717, 1.165) is 9.13 Å². The fraction of sp³-hybridized carbons (Fsp3) is 0.455. The fourth-order valence-electron chi connectivity index (χ4n) is 1.22. The quantitative estimate of drug-likeness (QED) is 0.679. The molecule has 0 fully saturated rings. The van der Waals surface area contributed by atoms with Crippen molar-refractivity contribution in [3.05, 3.63) is 21.4 Å². The molecule has 1 rings (SSSR count). The number of esters is 1. The van der Waals surface area contributed by atoms with E-state index in [0.29, 0.717) is 12.4 Å². The molecule has 5 heteroatoms. The summed E-state index contributed by atoms with van der Waals surface area (Å²) in [5.74, 6) is 0.224. The predicted octanol–water partition coefficient (Wildman–Crippen LogP) is 2.11. The number of anilines is 1. The van der Waals surface area contributed by atoms with E-state index in [1.165, 1.54) is 0 Å². The highest BCUT2D eigenvalue weighted by Crippen LogP contribution is 2.26. The maximum absolute atomic E-state index is 11.8. The lowest BCUT2D eigenvalue weighted by molar-refractivity contribution is -0.148. The van der Waals surface area contributed by atoms with Crippen LogP contribution < -0.4 is 5.73 Å². The standard InChI is InChI=1S/C11H15IN2O2/c1-4-16-10(15)11(2,3)7-5-8(12)9(13)14-6-7/h5-6H,4H2,1-3H3,(H2,13,14). The molecule has 0 aliphatic heterocycles. The Bertz CT molecular complexity index is 405. The first kappa shape index (κ1) is 13.2. The number of hydrogen-bond donors (Lipinski definition) is 1. The molecule has 0 saturated carbocycles. The minimum atomic E-state index is -0.698. The Labute approximate surface area is 109 Å². The molecule has 0 aliphatic rings. The molecular weight excluding hydrogens is 319 g/mol. The smallest absolute Gasteiger partial charge is 0.316 e. The maximum Gasteiger partial charge on any atom is 0.316 e. The second kappa shape index (κ2) is 4.99. The van der Waals surface area contributed by atoms with Gasteiger partial charge in [0.05, 0.1) is 15.6 Å². The van der Waals surface area contributed by atoms with Gasteiger partial charge >= 0.3 is 5.97 Å². The summed E-state index contributed by atoms with van der Waals surface area (Å²) in [5, 5.41) is 0. The number of pyridine rings is 1. The zero-order chi connectivity index (χ0) is 12.3. The summed E-state index contributed by atoms with van der Waals surface area (Å²) in [4.78, 5) is 15.8. The average molecular weight is 334 g/mol. The number of nitrogens with zero attached hydrogens (tertiary/aromatic N) is 1. The minimum absolute atomic E-state index is 0.252. The molecule has 0 amide bonds. The van der Waals surface area contributed by atoms with E-state index in [2.05, 4.69) is 27.6 Å². The molecule has 0 unspecified atom stereocenters. The van der Waals surface area contributed by atoms with Gasteiger partial charge in [-0.05, 0) is 55.0 Å². The van der Waals surface area contributed by atoms with Crippen LogP contribution in [0.5, 0.6) is 0 Å². The summed E-state index contributed by atoms with van der Waals surface area (Å²) >= 11 is 2.10. The van der Waals surface area contributed by atoms with Gasteiger partial charge in [-0.25, -0.2) is 4.98 Å². The molecule has 0 radical (unpaired) electrons. The fourth-order valence-corrected chi connectivity index (χ4v) is 1.69. The van der Waals surface area contributed by atoms with Crippen LogP contribution in [0.2, 0.25) is 0 Å². The number of carbonyl (C=O) groups excluding carboxylic acids is 1. The molecule has 1 aromatic heterocycles. The third-order valence-corrected chi connectivity index (χ3v) is 3.24. The number of aromatic nitrogens is 1. The monoisotopic (exact) mass is 334 g/mol. The average Bonchev–Trinajstić information content (AvgIpc) is 2.22. The second-order valence-electron chi connectivity index (χ2n) is 3.94. The van der Waals surface area contributed by atoms with Gasteiger partial charge in [0.2, 0.25) is 0 Å². The summed E-state index contributed by atoms with van der Waals surface area (Å²) < 4.78 is 5.87. The summed E-state index contributed by atoms with van der Waals surface area (Å²) in [6, 6.07) is 1.86. The van der Waals surface area contributed by atoms with E-state index >= 15 is 0 Å². The number of nitrogen functional groups attached to an aromatic ring is 1. The lowest BCUT2D eigenvalue weighted by atomic mass is 9.86. The van der Waals surface area contributed by atoms with Crippen molar-refractivity contribution in [2.45, 2.75) is 26.2 Å². The van der Waals surface area contributed by atoms with Crippen LogP contribution in [-0.2, 0) is 14.9 Å². The summed E-state index contributed by atoms with van der Waals surface area (Å²) in [6.45, 7) is 5.79. The van der Waals surface area contributed by atoms with E-state index in [1.54, 1.807) is 13.1 Å². The Kier molecular flexibility index (Phi) is 4.12. The number of halogens is 1. The molecule has 88 valence electrons. The van der Waals surface area contributed by atoms with Crippen LogP contribution in [0.15, 0.2) is 12.3 Å². The third-order valence-electron chi connectivity index (χ3n) is 2.38. The number of carbonyl (C=O) groups is 1. The van der Waals surface area contributed by atoms with Gasteiger partial charge in [0.15, 0.2) is 0 Å². The van der Waals surface area contributed by atoms with Crippen molar-refractivity contribution < 1.29 is 9.53 Å². The normalized spacial score (nSPS) is 11.2. The Morgan fingerprint density at radius 3 is 2.75 bits per heavy atom. The molecule has 0 aromatic carbocycles. The summed E-state index contributed by atoms with van der Waals surface area (Å²) in [6.07, 6.45) is 1.62. The van der Waals surface area contributed by atoms with Gasteiger partial charge in [-0.3, -0.25) is 4.79 Å². The predicted molar refractivity (Wildman–Crippen MR) is 71.0 cm³/mol. The van der Waals surface area contributed by atoms with Crippen LogP contribution in [0.25, 0.3) is 0 Å². The van der Waals surface area contributed by atoms with Gasteiger partial charge in [-0.2, -0.15) is 0 Å². The molecular formula is C11H15IN2O2. The number of ether oxygens (including phenoxy) is 1. The molecule has 4 nitrogen and oxygen atoms in total. The highest BCUT2D eigenvalue weighted by molar-refractivity contribution is 14.1. The van der Waals surface area contributed by atoms with Gasteiger partial charge < -0.3 is 10.5 Å². The van der Waals surface area contributed by atoms with E-state index in [9.17, 15) is 4.79 Å². The van der Waals surface area contributed by atoms with Crippen LogP contribution in [0, 0.1) is 3.57 Å². The lowest BCUT2D eigenvalue weighted by Crippen LogP contribution is -2.31. The zero-order valence-corrected chi connectivity index (χ0v) is 11.7. The topological polar surface area (TPSA) is 65.2 Å². The van der Waals surface area contributed by atoms with Crippen molar-refractivity contribution in [3.8, 4) is 0 Å². The van der Waals surface area contributed by atoms with E-state index in [1.807, 2.05) is 19.9 Å². The first-order valence-electron chi connectivity index (χ1n) is 4.98. The van der Waals surface area contributed by atoms with Gasteiger partial charge in [0.25, 0.3) is 0 Å². The van der Waals surface area contributed by atoms with Crippen molar-refractivity contribution in [2.75, 3.05) is 12.3 Å². The Morgan fingerprint density at radius 2 is 2.25 bits per heavy atom. The molecule has 0 aliphatic carbocycles. The number of rotatable bonds is 3. The largest absolute Gasteiger partial charge is 0.465 e. The first-order chi connectivity index (χ1) is 7.39. The molecule has 1 heterocycles. The van der Waals surface area contributed by atoms with Crippen molar-refractivity contribution in [2.24, 2.45) is 0 Å². The van der Waals surface area contributed by atoms with Gasteiger partial charge in [-0.1, -0.05) is 0 Å². The highest BCUT2D eigenvalue weighted by Gasteiger charge is 2.32. The lowest BCUT2D eigenvalue weighted by Gasteiger charge is -2.22. The molecule has 0 spiro atoms. The van der Waals surface area contributed by atoms with Crippen LogP contribution in [-0.4, -0.2) is 17.6 Å². The Balaban J connectivity index is 3.06. The Hall–Kier alpha value is -0.850. The van der Waals surface area contributed by atoms with Gasteiger partial charge in [0, 0.05) is 6.20 Å². The molecule has 0 saturated heterocycles. The number of hydrogen-bond acceptors (Lipinski definition) is 4. The molecule has 0 atom stereocenters. The van der Waals surface area contributed by atoms with Crippen molar-refractivity contribution >= 4 is 34.4 Å². The summed E-state index contributed by atoms with van der Waals surface area (Å²) in [7, 11) is 0. The molecule has 0 bridgehead atoms. The van der Waals surface area contributed by atoms with E-state index in [-0.39, 0.29) is 5.97 Å². The van der Waals surface area contributed by atoms with Gasteiger partial charge in [-0.15, -0.1) is 0 Å².